The predicted octanol–water partition coefficient (Wildman–Crippen LogP) is 7.19. The highest BCUT2D eigenvalue weighted by Crippen LogP contribution is 2.38. The second kappa shape index (κ2) is 10.0. The summed E-state index contributed by atoms with van der Waals surface area (Å²) >= 11 is 0. The van der Waals surface area contributed by atoms with Crippen molar-refractivity contribution < 1.29 is 13.6 Å². The summed E-state index contributed by atoms with van der Waals surface area (Å²) < 4.78 is 28.7. The molecule has 1 aromatic rings. The topological polar surface area (TPSA) is 17.1 Å². The molecule has 3 heteroatoms. The average Bonchev–Trinajstić information content (AvgIpc) is 2.60. The molecule has 0 heterocycles. The lowest BCUT2D eigenvalue weighted by molar-refractivity contribution is 0.0971. The number of rotatable bonds is 9. The Morgan fingerprint density at radius 3 is 2.12 bits per heavy atom. The molecule has 1 aliphatic rings. The second-order valence-corrected chi connectivity index (χ2v) is 7.60. The molecule has 1 aromatic carbocycles. The summed E-state index contributed by atoms with van der Waals surface area (Å²) in [7, 11) is 0. The molecular formula is C22H32F2O. The number of hydrogen-bond acceptors (Lipinski definition) is 1. The number of Topliss-reactive ketones (excluding diaryl/α,β-unsaturated/α-hetero) is 1. The number of unbranched alkanes of at least 4 members (excludes halogenated alkanes) is 3. The molecule has 1 nitrogen and oxygen atoms in total. The van der Waals surface area contributed by atoms with E-state index >= 15 is 0 Å². The van der Waals surface area contributed by atoms with E-state index < -0.39 is 17.4 Å². The summed E-state index contributed by atoms with van der Waals surface area (Å²) in [4.78, 5) is 12.0. The second-order valence-electron chi connectivity index (χ2n) is 7.60. The van der Waals surface area contributed by atoms with Crippen molar-refractivity contribution in [1.82, 2.24) is 0 Å². The highest BCUT2D eigenvalue weighted by Gasteiger charge is 2.25. The molecule has 0 radical (unpaired) electrons. The van der Waals surface area contributed by atoms with E-state index in [1.54, 1.807) is 0 Å². The third-order valence-corrected chi connectivity index (χ3v) is 5.63. The number of benzene rings is 1. The molecule has 0 spiro atoms. The Bertz CT molecular complexity index is 536. The largest absolute Gasteiger partial charge is 0.294 e. The van der Waals surface area contributed by atoms with Crippen molar-refractivity contribution in [2.24, 2.45) is 5.92 Å². The SMILES string of the molecule is CCCCC[C@H]1CC[C@H](c2cc(F)c(C(=O)CCCC)c(F)c2)CC1. The summed E-state index contributed by atoms with van der Waals surface area (Å²) in [6, 6.07) is 2.81. The maximum Gasteiger partial charge on any atom is 0.168 e. The molecule has 0 aliphatic heterocycles. The van der Waals surface area contributed by atoms with Crippen LogP contribution in [0.3, 0.4) is 0 Å². The molecule has 0 amide bonds. The minimum absolute atomic E-state index is 0.215. The molecule has 2 rings (SSSR count). The van der Waals surface area contributed by atoms with Gasteiger partial charge in [-0.15, -0.1) is 0 Å². The Hall–Kier alpha value is -1.25. The van der Waals surface area contributed by atoms with E-state index in [4.69, 9.17) is 0 Å². The van der Waals surface area contributed by atoms with Crippen LogP contribution in [0.25, 0.3) is 0 Å². The van der Waals surface area contributed by atoms with Crippen molar-refractivity contribution in [3.63, 3.8) is 0 Å². The van der Waals surface area contributed by atoms with Gasteiger partial charge < -0.3 is 0 Å². The molecule has 1 aliphatic carbocycles. The van der Waals surface area contributed by atoms with Gasteiger partial charge in [-0.05, 0) is 61.6 Å². The molecule has 1 saturated carbocycles. The first-order chi connectivity index (χ1) is 12.1. The van der Waals surface area contributed by atoms with Crippen LogP contribution in [0.4, 0.5) is 8.78 Å². The normalized spacial score (nSPS) is 20.6. The predicted molar refractivity (Wildman–Crippen MR) is 99.1 cm³/mol. The van der Waals surface area contributed by atoms with Gasteiger partial charge in [0.15, 0.2) is 5.78 Å². The van der Waals surface area contributed by atoms with Gasteiger partial charge in [-0.2, -0.15) is 0 Å². The minimum atomic E-state index is -0.679. The minimum Gasteiger partial charge on any atom is -0.294 e. The smallest absolute Gasteiger partial charge is 0.168 e. The Morgan fingerprint density at radius 1 is 0.960 bits per heavy atom. The van der Waals surface area contributed by atoms with E-state index in [-0.39, 0.29) is 17.9 Å². The van der Waals surface area contributed by atoms with Gasteiger partial charge in [0.1, 0.15) is 11.6 Å². The fraction of sp³-hybridized carbons (Fsp3) is 0.682. The quantitative estimate of drug-likeness (QED) is 0.340. The van der Waals surface area contributed by atoms with Crippen molar-refractivity contribution >= 4 is 5.78 Å². The summed E-state index contributed by atoms with van der Waals surface area (Å²) in [5.41, 5.74) is 0.388. The van der Waals surface area contributed by atoms with Crippen molar-refractivity contribution in [2.75, 3.05) is 0 Å². The van der Waals surface area contributed by atoms with E-state index in [0.717, 1.165) is 43.6 Å². The monoisotopic (exact) mass is 350 g/mol. The van der Waals surface area contributed by atoms with Gasteiger partial charge >= 0.3 is 0 Å². The zero-order valence-electron chi connectivity index (χ0n) is 15.8. The molecule has 140 valence electrons. The lowest BCUT2D eigenvalue weighted by Crippen LogP contribution is -2.15. The molecule has 1 fully saturated rings. The first-order valence-electron chi connectivity index (χ1n) is 10.1. The Morgan fingerprint density at radius 2 is 1.56 bits per heavy atom. The highest BCUT2D eigenvalue weighted by atomic mass is 19.1. The zero-order chi connectivity index (χ0) is 18.2. The fourth-order valence-corrected chi connectivity index (χ4v) is 4.02. The van der Waals surface area contributed by atoms with E-state index in [2.05, 4.69) is 6.92 Å². The number of halogens is 2. The van der Waals surface area contributed by atoms with Gasteiger partial charge in [-0.25, -0.2) is 8.78 Å². The third kappa shape index (κ3) is 5.62. The lowest BCUT2D eigenvalue weighted by Gasteiger charge is -2.29. The average molecular weight is 350 g/mol. The van der Waals surface area contributed by atoms with Gasteiger partial charge in [0.25, 0.3) is 0 Å². The molecule has 25 heavy (non-hydrogen) atoms. The summed E-state index contributed by atoms with van der Waals surface area (Å²) in [6.45, 7) is 4.18. The number of carbonyl (C=O) groups is 1. The van der Waals surface area contributed by atoms with Crippen LogP contribution in [0.5, 0.6) is 0 Å². The number of carbonyl (C=O) groups excluding carboxylic acids is 1. The molecule has 0 unspecified atom stereocenters. The van der Waals surface area contributed by atoms with Crippen LogP contribution >= 0.6 is 0 Å². The summed E-state index contributed by atoms with van der Waals surface area (Å²) in [6.07, 6.45) is 11.1. The van der Waals surface area contributed by atoms with Crippen LogP contribution in [-0.4, -0.2) is 5.78 Å². The lowest BCUT2D eigenvalue weighted by atomic mass is 9.77. The Kier molecular flexibility index (Phi) is 8.05. The van der Waals surface area contributed by atoms with Crippen molar-refractivity contribution in [2.45, 2.75) is 90.4 Å². The maximum atomic E-state index is 14.4. The first kappa shape index (κ1) is 20.1. The van der Waals surface area contributed by atoms with Crippen molar-refractivity contribution in [1.29, 1.82) is 0 Å². The molecule has 0 aromatic heterocycles. The zero-order valence-corrected chi connectivity index (χ0v) is 15.8. The van der Waals surface area contributed by atoms with E-state index in [9.17, 15) is 13.6 Å². The van der Waals surface area contributed by atoms with Crippen LogP contribution in [0.2, 0.25) is 0 Å². The van der Waals surface area contributed by atoms with Gasteiger partial charge in [0, 0.05) is 6.42 Å². The molecular weight excluding hydrogens is 318 g/mol. The Balaban J connectivity index is 1.98. The van der Waals surface area contributed by atoms with E-state index in [0.29, 0.717) is 6.42 Å². The van der Waals surface area contributed by atoms with E-state index in [1.165, 1.54) is 37.8 Å². The molecule has 0 saturated heterocycles. The van der Waals surface area contributed by atoms with Crippen LogP contribution in [0.15, 0.2) is 12.1 Å². The van der Waals surface area contributed by atoms with Crippen LogP contribution < -0.4 is 0 Å². The summed E-state index contributed by atoms with van der Waals surface area (Å²) in [5.74, 6) is -0.774. The molecule has 0 N–H and O–H groups in total. The first-order valence-corrected chi connectivity index (χ1v) is 10.1. The van der Waals surface area contributed by atoms with Crippen LogP contribution in [0, 0.1) is 17.6 Å². The van der Waals surface area contributed by atoms with Crippen molar-refractivity contribution in [3.05, 3.63) is 34.9 Å². The standard InChI is InChI=1S/C22H32F2O/c1-3-5-7-8-16-10-12-17(13-11-16)18-14-19(23)22(20(24)15-18)21(25)9-6-4-2/h14-17H,3-13H2,1-2H3/t16-,17-. The molecule has 0 atom stereocenters. The Labute approximate surface area is 151 Å². The highest BCUT2D eigenvalue weighted by molar-refractivity contribution is 5.96. The van der Waals surface area contributed by atoms with Crippen LogP contribution in [0.1, 0.15) is 106 Å². The van der Waals surface area contributed by atoms with Gasteiger partial charge in [0.2, 0.25) is 0 Å². The van der Waals surface area contributed by atoms with Gasteiger partial charge in [-0.3, -0.25) is 4.79 Å². The fourth-order valence-electron chi connectivity index (χ4n) is 4.02. The molecule has 0 bridgehead atoms. The maximum absolute atomic E-state index is 14.4. The number of hydrogen-bond donors (Lipinski definition) is 0. The van der Waals surface area contributed by atoms with Gasteiger partial charge in [0.05, 0.1) is 5.56 Å². The van der Waals surface area contributed by atoms with Crippen molar-refractivity contribution in [3.8, 4) is 0 Å². The summed E-state index contributed by atoms with van der Waals surface area (Å²) in [5, 5.41) is 0. The van der Waals surface area contributed by atoms with Crippen LogP contribution in [-0.2, 0) is 0 Å². The third-order valence-electron chi connectivity index (χ3n) is 5.63. The number of ketones is 1. The van der Waals surface area contributed by atoms with E-state index in [1.807, 2.05) is 6.92 Å². The van der Waals surface area contributed by atoms with Gasteiger partial charge in [-0.1, -0.05) is 46.0 Å².